The normalized spacial score (nSPS) is 10.7. The first-order valence-corrected chi connectivity index (χ1v) is 6.41. The van der Waals surface area contributed by atoms with Crippen molar-refractivity contribution in [3.63, 3.8) is 0 Å². The molecule has 0 spiro atoms. The first-order valence-electron chi connectivity index (χ1n) is 6.41. The maximum absolute atomic E-state index is 4.23. The van der Waals surface area contributed by atoms with E-state index in [0.29, 0.717) is 11.8 Å². The van der Waals surface area contributed by atoms with E-state index in [9.17, 15) is 0 Å². The SMILES string of the molecule is CC(C)c1ccn(C)n1.Cc1[nH]ncc1C(C)C. The Morgan fingerprint density at radius 2 is 1.83 bits per heavy atom. The van der Waals surface area contributed by atoms with Gasteiger partial charge in [0, 0.05) is 18.9 Å². The average Bonchev–Trinajstić information content (AvgIpc) is 2.87. The summed E-state index contributed by atoms with van der Waals surface area (Å²) in [5.74, 6) is 1.13. The van der Waals surface area contributed by atoms with E-state index in [1.165, 1.54) is 11.3 Å². The van der Waals surface area contributed by atoms with E-state index in [-0.39, 0.29) is 0 Å². The summed E-state index contributed by atoms with van der Waals surface area (Å²) in [6.07, 6.45) is 3.86. The third-order valence-corrected chi connectivity index (χ3v) is 2.82. The summed E-state index contributed by atoms with van der Waals surface area (Å²) in [4.78, 5) is 0. The third kappa shape index (κ3) is 4.02. The second-order valence-electron chi connectivity index (χ2n) is 5.17. The summed E-state index contributed by atoms with van der Waals surface area (Å²) in [5.41, 5.74) is 3.66. The summed E-state index contributed by atoms with van der Waals surface area (Å²) < 4.78 is 1.83. The van der Waals surface area contributed by atoms with Crippen LogP contribution in [0.5, 0.6) is 0 Å². The Bertz CT molecular complexity index is 466. The van der Waals surface area contributed by atoms with Crippen LogP contribution in [0, 0.1) is 6.92 Å². The smallest absolute Gasteiger partial charge is 0.0649 e. The summed E-state index contributed by atoms with van der Waals surface area (Å²) in [7, 11) is 1.94. The molecule has 4 nitrogen and oxygen atoms in total. The maximum Gasteiger partial charge on any atom is 0.0649 e. The average molecular weight is 248 g/mol. The van der Waals surface area contributed by atoms with Gasteiger partial charge in [-0.25, -0.2) is 0 Å². The molecule has 2 aromatic heterocycles. The molecular weight excluding hydrogens is 224 g/mol. The number of nitrogens with one attached hydrogen (secondary N) is 1. The van der Waals surface area contributed by atoms with Crippen LogP contribution in [0.4, 0.5) is 0 Å². The number of aromatic nitrogens is 4. The van der Waals surface area contributed by atoms with Gasteiger partial charge in [0.1, 0.15) is 0 Å². The van der Waals surface area contributed by atoms with Gasteiger partial charge in [-0.05, 0) is 30.4 Å². The van der Waals surface area contributed by atoms with Gasteiger partial charge in [0.05, 0.1) is 11.9 Å². The van der Waals surface area contributed by atoms with Crippen LogP contribution in [-0.4, -0.2) is 20.0 Å². The highest BCUT2D eigenvalue weighted by Crippen LogP contribution is 2.14. The molecule has 0 saturated heterocycles. The number of nitrogens with zero attached hydrogens (tertiary/aromatic N) is 3. The number of aromatic amines is 1. The van der Waals surface area contributed by atoms with Gasteiger partial charge < -0.3 is 0 Å². The number of H-pyrrole nitrogens is 1. The van der Waals surface area contributed by atoms with E-state index in [2.05, 4.69) is 43.0 Å². The molecule has 0 amide bonds. The molecule has 2 aromatic rings. The van der Waals surface area contributed by atoms with Crippen molar-refractivity contribution in [2.45, 2.75) is 46.5 Å². The van der Waals surface area contributed by atoms with E-state index in [0.717, 1.165) is 5.69 Å². The van der Waals surface area contributed by atoms with Crippen molar-refractivity contribution < 1.29 is 0 Å². The monoisotopic (exact) mass is 248 g/mol. The van der Waals surface area contributed by atoms with Gasteiger partial charge in [0.15, 0.2) is 0 Å². The quantitative estimate of drug-likeness (QED) is 0.885. The van der Waals surface area contributed by atoms with Crippen molar-refractivity contribution in [2.75, 3.05) is 0 Å². The molecule has 0 unspecified atom stereocenters. The predicted molar refractivity (Wildman–Crippen MR) is 74.7 cm³/mol. The van der Waals surface area contributed by atoms with Crippen molar-refractivity contribution in [3.05, 3.63) is 35.4 Å². The van der Waals surface area contributed by atoms with Crippen LogP contribution in [0.25, 0.3) is 0 Å². The van der Waals surface area contributed by atoms with Crippen LogP contribution in [0.15, 0.2) is 18.5 Å². The first kappa shape index (κ1) is 14.5. The Hall–Kier alpha value is -1.58. The lowest BCUT2D eigenvalue weighted by Gasteiger charge is -1.99. The second kappa shape index (κ2) is 6.38. The zero-order valence-electron chi connectivity index (χ0n) is 12.2. The van der Waals surface area contributed by atoms with Crippen molar-refractivity contribution in [3.8, 4) is 0 Å². The minimum absolute atomic E-state index is 0.547. The zero-order chi connectivity index (χ0) is 13.7. The molecule has 2 rings (SSSR count). The van der Waals surface area contributed by atoms with Gasteiger partial charge in [-0.15, -0.1) is 0 Å². The fourth-order valence-corrected chi connectivity index (χ4v) is 1.68. The highest BCUT2D eigenvalue weighted by molar-refractivity contribution is 5.17. The topological polar surface area (TPSA) is 46.5 Å². The lowest BCUT2D eigenvalue weighted by atomic mass is 10.1. The molecule has 1 N–H and O–H groups in total. The summed E-state index contributed by atoms with van der Waals surface area (Å²) >= 11 is 0. The van der Waals surface area contributed by atoms with Crippen LogP contribution in [0.3, 0.4) is 0 Å². The van der Waals surface area contributed by atoms with Crippen LogP contribution in [0.2, 0.25) is 0 Å². The third-order valence-electron chi connectivity index (χ3n) is 2.82. The standard InChI is InChI=1S/2C7H12N2/c1-6(2)7-4-5-9(3)8-7;1-5(2)7-4-8-9-6(7)3/h4-6H,1-3H3;4-5H,1-3H3,(H,8,9). The summed E-state index contributed by atoms with van der Waals surface area (Å²) in [6, 6.07) is 2.05. The fraction of sp³-hybridized carbons (Fsp3) is 0.571. The molecule has 0 radical (unpaired) electrons. The molecule has 0 aliphatic heterocycles. The van der Waals surface area contributed by atoms with Crippen LogP contribution < -0.4 is 0 Å². The Labute approximate surface area is 109 Å². The van der Waals surface area contributed by atoms with E-state index >= 15 is 0 Å². The molecule has 0 fully saturated rings. The molecule has 18 heavy (non-hydrogen) atoms. The zero-order valence-corrected chi connectivity index (χ0v) is 12.2. The maximum atomic E-state index is 4.23. The first-order chi connectivity index (χ1) is 8.41. The molecule has 0 bridgehead atoms. The minimum Gasteiger partial charge on any atom is -0.283 e. The Morgan fingerprint density at radius 1 is 1.17 bits per heavy atom. The molecule has 0 aromatic carbocycles. The summed E-state index contributed by atoms with van der Waals surface area (Å²) in [5, 5.41) is 11.0. The van der Waals surface area contributed by atoms with E-state index in [1.807, 2.05) is 37.1 Å². The minimum atomic E-state index is 0.547. The lowest BCUT2D eigenvalue weighted by molar-refractivity contribution is 0.713. The van der Waals surface area contributed by atoms with Crippen LogP contribution in [0.1, 0.15) is 56.5 Å². The highest BCUT2D eigenvalue weighted by Gasteiger charge is 2.02. The van der Waals surface area contributed by atoms with E-state index in [1.54, 1.807) is 0 Å². The Morgan fingerprint density at radius 3 is 2.06 bits per heavy atom. The largest absolute Gasteiger partial charge is 0.283 e. The van der Waals surface area contributed by atoms with E-state index in [4.69, 9.17) is 0 Å². The van der Waals surface area contributed by atoms with Crippen LogP contribution in [-0.2, 0) is 7.05 Å². The predicted octanol–water partition coefficient (Wildman–Crippen LogP) is 3.39. The second-order valence-corrected chi connectivity index (χ2v) is 5.17. The molecule has 100 valence electrons. The molecule has 0 atom stereocenters. The lowest BCUT2D eigenvalue weighted by Crippen LogP contribution is -1.92. The molecule has 0 saturated carbocycles. The molecule has 2 heterocycles. The van der Waals surface area contributed by atoms with Crippen molar-refractivity contribution in [1.29, 1.82) is 0 Å². The van der Waals surface area contributed by atoms with Gasteiger partial charge in [0.25, 0.3) is 0 Å². The molecule has 0 aliphatic rings. The molecule has 0 aliphatic carbocycles. The van der Waals surface area contributed by atoms with Crippen molar-refractivity contribution in [1.82, 2.24) is 20.0 Å². The summed E-state index contributed by atoms with van der Waals surface area (Å²) in [6.45, 7) is 10.7. The van der Waals surface area contributed by atoms with Gasteiger partial charge >= 0.3 is 0 Å². The van der Waals surface area contributed by atoms with Gasteiger partial charge in [0.2, 0.25) is 0 Å². The number of hydrogen-bond acceptors (Lipinski definition) is 2. The molecular formula is C14H24N4. The van der Waals surface area contributed by atoms with Crippen LogP contribution >= 0.6 is 0 Å². The number of rotatable bonds is 2. The number of hydrogen-bond donors (Lipinski definition) is 1. The highest BCUT2D eigenvalue weighted by atomic mass is 15.2. The van der Waals surface area contributed by atoms with Crippen molar-refractivity contribution in [2.24, 2.45) is 7.05 Å². The Balaban J connectivity index is 0.000000180. The van der Waals surface area contributed by atoms with Gasteiger partial charge in [-0.1, -0.05) is 27.7 Å². The van der Waals surface area contributed by atoms with Gasteiger partial charge in [-0.2, -0.15) is 10.2 Å². The number of aryl methyl sites for hydroxylation is 2. The molecule has 4 heteroatoms. The fourth-order valence-electron chi connectivity index (χ4n) is 1.68. The van der Waals surface area contributed by atoms with E-state index < -0.39 is 0 Å². The van der Waals surface area contributed by atoms with Gasteiger partial charge in [-0.3, -0.25) is 9.78 Å². The van der Waals surface area contributed by atoms with Crippen molar-refractivity contribution >= 4 is 0 Å². The Kier molecular flexibility index (Phi) is 5.13.